The average Bonchev–Trinajstić information content (AvgIpc) is 2.26. The fraction of sp³-hybridized carbons (Fsp3) is 0.417. The molecule has 0 aliphatic carbocycles. The van der Waals surface area contributed by atoms with Gasteiger partial charge in [-0.15, -0.1) is 0 Å². The van der Waals surface area contributed by atoms with Crippen LogP contribution in [0.3, 0.4) is 0 Å². The molecule has 0 aliphatic heterocycles. The van der Waals surface area contributed by atoms with Crippen molar-refractivity contribution in [3.05, 3.63) is 35.1 Å². The molecule has 0 amide bonds. The van der Waals surface area contributed by atoms with Gasteiger partial charge in [0.2, 0.25) is 0 Å². The Bertz CT molecular complexity index is 398. The van der Waals surface area contributed by atoms with Gasteiger partial charge in [0.1, 0.15) is 10.8 Å². The fourth-order valence-corrected chi connectivity index (χ4v) is 1.52. The molecule has 0 aliphatic rings. The van der Waals surface area contributed by atoms with Crippen LogP contribution in [0.4, 0.5) is 4.39 Å². The molecule has 0 saturated carbocycles. The SMILES string of the molecule is COCC(C)OCc1cc(F)cc(C(N)=S)c1. The zero-order valence-corrected chi connectivity index (χ0v) is 10.7. The third-order valence-corrected chi connectivity index (χ3v) is 2.41. The summed E-state index contributed by atoms with van der Waals surface area (Å²) in [7, 11) is 1.60. The number of thiocarbonyl (C=S) groups is 1. The standard InChI is InChI=1S/C12H16FNO2S/c1-8(6-15-2)16-7-9-3-10(12(14)17)5-11(13)4-9/h3-5,8H,6-7H2,1-2H3,(H2,14,17). The van der Waals surface area contributed by atoms with Crippen LogP contribution in [0.1, 0.15) is 18.1 Å². The number of benzene rings is 1. The molecule has 0 saturated heterocycles. The molecule has 1 unspecified atom stereocenters. The molecular formula is C12H16FNO2S. The highest BCUT2D eigenvalue weighted by atomic mass is 32.1. The van der Waals surface area contributed by atoms with E-state index in [9.17, 15) is 4.39 Å². The summed E-state index contributed by atoms with van der Waals surface area (Å²) in [5.41, 5.74) is 6.68. The zero-order valence-electron chi connectivity index (χ0n) is 9.90. The summed E-state index contributed by atoms with van der Waals surface area (Å²) in [5, 5.41) is 0. The van der Waals surface area contributed by atoms with Crippen molar-refractivity contribution in [3.63, 3.8) is 0 Å². The minimum Gasteiger partial charge on any atom is -0.389 e. The minimum atomic E-state index is -0.367. The lowest BCUT2D eigenvalue weighted by Crippen LogP contribution is -2.15. The van der Waals surface area contributed by atoms with Crippen molar-refractivity contribution in [2.24, 2.45) is 5.73 Å². The van der Waals surface area contributed by atoms with Crippen LogP contribution in [0.2, 0.25) is 0 Å². The first-order valence-electron chi connectivity index (χ1n) is 5.22. The molecule has 2 N–H and O–H groups in total. The Hall–Kier alpha value is -1.04. The van der Waals surface area contributed by atoms with E-state index in [4.69, 9.17) is 27.4 Å². The van der Waals surface area contributed by atoms with Gasteiger partial charge in [0.25, 0.3) is 0 Å². The predicted octanol–water partition coefficient (Wildman–Crippen LogP) is 2.01. The van der Waals surface area contributed by atoms with E-state index < -0.39 is 0 Å². The van der Waals surface area contributed by atoms with Crippen LogP contribution >= 0.6 is 12.2 Å². The number of hydrogen-bond acceptors (Lipinski definition) is 3. The van der Waals surface area contributed by atoms with Crippen LogP contribution in [-0.4, -0.2) is 24.8 Å². The van der Waals surface area contributed by atoms with Crippen LogP contribution in [0.5, 0.6) is 0 Å². The molecule has 0 fully saturated rings. The second kappa shape index (κ2) is 6.64. The summed E-state index contributed by atoms with van der Waals surface area (Å²) < 4.78 is 23.7. The van der Waals surface area contributed by atoms with E-state index in [0.717, 1.165) is 0 Å². The first kappa shape index (κ1) is 14.0. The van der Waals surface area contributed by atoms with Crippen molar-refractivity contribution in [2.75, 3.05) is 13.7 Å². The first-order valence-corrected chi connectivity index (χ1v) is 5.63. The molecule has 5 heteroatoms. The highest BCUT2D eigenvalue weighted by Gasteiger charge is 2.06. The molecule has 0 aromatic heterocycles. The fourth-order valence-electron chi connectivity index (χ4n) is 1.40. The summed E-state index contributed by atoms with van der Waals surface area (Å²) >= 11 is 4.81. The van der Waals surface area contributed by atoms with Crippen LogP contribution in [0.15, 0.2) is 18.2 Å². The molecule has 3 nitrogen and oxygen atoms in total. The Morgan fingerprint density at radius 2 is 2.18 bits per heavy atom. The van der Waals surface area contributed by atoms with Crippen LogP contribution in [0.25, 0.3) is 0 Å². The van der Waals surface area contributed by atoms with E-state index in [1.54, 1.807) is 13.2 Å². The van der Waals surface area contributed by atoms with Crippen molar-refractivity contribution in [1.82, 2.24) is 0 Å². The van der Waals surface area contributed by atoms with Gasteiger partial charge in [-0.05, 0) is 30.7 Å². The Kier molecular flexibility index (Phi) is 5.47. The van der Waals surface area contributed by atoms with Gasteiger partial charge < -0.3 is 15.2 Å². The van der Waals surface area contributed by atoms with E-state index in [2.05, 4.69) is 0 Å². The Labute approximate surface area is 106 Å². The number of nitrogens with two attached hydrogens (primary N) is 1. The maximum atomic E-state index is 13.3. The summed E-state index contributed by atoms with van der Waals surface area (Å²) in [6, 6.07) is 4.44. The lowest BCUT2D eigenvalue weighted by molar-refractivity contribution is -0.000206. The lowest BCUT2D eigenvalue weighted by atomic mass is 10.1. The second-order valence-electron chi connectivity index (χ2n) is 3.79. The van der Waals surface area contributed by atoms with Gasteiger partial charge in [-0.1, -0.05) is 12.2 Å². The molecule has 1 atom stereocenters. The second-order valence-corrected chi connectivity index (χ2v) is 4.23. The van der Waals surface area contributed by atoms with Crippen LogP contribution in [0, 0.1) is 5.82 Å². The number of hydrogen-bond donors (Lipinski definition) is 1. The molecule has 1 aromatic carbocycles. The molecule has 1 aromatic rings. The van der Waals surface area contributed by atoms with Crippen molar-refractivity contribution in [3.8, 4) is 0 Å². The Balaban J connectivity index is 2.68. The highest BCUT2D eigenvalue weighted by Crippen LogP contribution is 2.11. The molecule has 94 valence electrons. The number of methoxy groups -OCH3 is 1. The molecule has 0 bridgehead atoms. The molecular weight excluding hydrogens is 241 g/mol. The van der Waals surface area contributed by atoms with Gasteiger partial charge in [-0.25, -0.2) is 4.39 Å². The average molecular weight is 257 g/mol. The maximum Gasteiger partial charge on any atom is 0.124 e. The number of halogens is 1. The molecule has 0 heterocycles. The van der Waals surface area contributed by atoms with Crippen LogP contribution in [-0.2, 0) is 16.1 Å². The van der Waals surface area contributed by atoms with E-state index >= 15 is 0 Å². The summed E-state index contributed by atoms with van der Waals surface area (Å²) in [6.07, 6.45) is -0.0449. The Morgan fingerprint density at radius 1 is 1.47 bits per heavy atom. The highest BCUT2D eigenvalue weighted by molar-refractivity contribution is 7.80. The van der Waals surface area contributed by atoms with E-state index in [1.165, 1.54) is 12.1 Å². The summed E-state index contributed by atoms with van der Waals surface area (Å²) in [5.74, 6) is -0.367. The molecule has 0 spiro atoms. The van der Waals surface area contributed by atoms with Gasteiger partial charge in [0, 0.05) is 12.7 Å². The van der Waals surface area contributed by atoms with Crippen molar-refractivity contribution < 1.29 is 13.9 Å². The smallest absolute Gasteiger partial charge is 0.124 e. The normalized spacial score (nSPS) is 12.4. The Morgan fingerprint density at radius 3 is 2.76 bits per heavy atom. The van der Waals surface area contributed by atoms with Gasteiger partial charge in [0.05, 0.1) is 19.3 Å². The maximum absolute atomic E-state index is 13.3. The van der Waals surface area contributed by atoms with Gasteiger partial charge in [-0.3, -0.25) is 0 Å². The molecule has 17 heavy (non-hydrogen) atoms. The largest absolute Gasteiger partial charge is 0.389 e. The number of ether oxygens (including phenoxy) is 2. The third-order valence-electron chi connectivity index (χ3n) is 2.18. The van der Waals surface area contributed by atoms with Crippen LogP contribution < -0.4 is 5.73 Å². The minimum absolute atomic E-state index is 0.0449. The van der Waals surface area contributed by atoms with Crippen molar-refractivity contribution in [1.29, 1.82) is 0 Å². The van der Waals surface area contributed by atoms with E-state index in [-0.39, 0.29) is 16.9 Å². The lowest BCUT2D eigenvalue weighted by Gasteiger charge is -2.12. The topological polar surface area (TPSA) is 44.5 Å². The van der Waals surface area contributed by atoms with Gasteiger partial charge in [0.15, 0.2) is 0 Å². The summed E-state index contributed by atoms with van der Waals surface area (Å²) in [6.45, 7) is 2.69. The quantitative estimate of drug-likeness (QED) is 0.792. The van der Waals surface area contributed by atoms with Gasteiger partial charge >= 0.3 is 0 Å². The summed E-state index contributed by atoms with van der Waals surface area (Å²) in [4.78, 5) is 0.177. The third kappa shape index (κ3) is 4.77. The molecule has 1 rings (SSSR count). The first-order chi connectivity index (χ1) is 8.02. The monoisotopic (exact) mass is 257 g/mol. The predicted molar refractivity (Wildman–Crippen MR) is 68.4 cm³/mol. The van der Waals surface area contributed by atoms with Gasteiger partial charge in [-0.2, -0.15) is 0 Å². The molecule has 0 radical (unpaired) electrons. The zero-order chi connectivity index (χ0) is 12.8. The van der Waals surface area contributed by atoms with Crippen molar-refractivity contribution in [2.45, 2.75) is 19.6 Å². The van der Waals surface area contributed by atoms with E-state index in [1.807, 2.05) is 6.92 Å². The van der Waals surface area contributed by atoms with Crippen molar-refractivity contribution >= 4 is 17.2 Å². The number of rotatable bonds is 6. The van der Waals surface area contributed by atoms with E-state index in [0.29, 0.717) is 24.3 Å².